The van der Waals surface area contributed by atoms with Crippen LogP contribution < -0.4 is 4.72 Å². The second-order valence-corrected chi connectivity index (χ2v) is 6.96. The van der Waals surface area contributed by atoms with Crippen LogP contribution in [0.5, 0.6) is 0 Å². The zero-order valence-electron chi connectivity index (χ0n) is 13.2. The van der Waals surface area contributed by atoms with Crippen molar-refractivity contribution in [3.8, 4) is 0 Å². The number of carbonyl (C=O) groups excluding carboxylic acids is 2. The van der Waals surface area contributed by atoms with Gasteiger partial charge in [-0.15, -0.1) is 0 Å². The molecule has 0 fully saturated rings. The fourth-order valence-corrected chi connectivity index (χ4v) is 3.14. The summed E-state index contributed by atoms with van der Waals surface area (Å²) in [5.74, 6) is -1.57. The quantitative estimate of drug-likeness (QED) is 0.754. The number of furan rings is 1. The number of rotatable bonds is 6. The summed E-state index contributed by atoms with van der Waals surface area (Å²) in [6.07, 6.45) is 1.26. The predicted molar refractivity (Wildman–Crippen MR) is 86.9 cm³/mol. The standard InChI is InChI=1S/C15H14ClNO7S/c1-17-25(20,21)12-7-9(3-4-11(12)16)14(18)24-8-10-5-6-23-13(10)15(19)22-2/h3-7,17H,8H2,1-2H3. The van der Waals surface area contributed by atoms with E-state index in [1.165, 1.54) is 38.6 Å². The number of hydrogen-bond acceptors (Lipinski definition) is 7. The minimum absolute atomic E-state index is 0.0127. The maximum absolute atomic E-state index is 12.1. The van der Waals surface area contributed by atoms with E-state index in [0.29, 0.717) is 5.56 Å². The van der Waals surface area contributed by atoms with Crippen molar-refractivity contribution in [3.63, 3.8) is 0 Å². The second-order valence-electron chi connectivity index (χ2n) is 4.70. The lowest BCUT2D eigenvalue weighted by molar-refractivity contribution is 0.0453. The van der Waals surface area contributed by atoms with Gasteiger partial charge in [-0.05, 0) is 31.3 Å². The first-order chi connectivity index (χ1) is 11.8. The Hall–Kier alpha value is -2.36. The number of hydrogen-bond donors (Lipinski definition) is 1. The summed E-state index contributed by atoms with van der Waals surface area (Å²) in [4.78, 5) is 23.4. The summed E-state index contributed by atoms with van der Waals surface area (Å²) in [5.41, 5.74) is 0.304. The number of nitrogens with one attached hydrogen (secondary N) is 1. The first-order valence-corrected chi connectivity index (χ1v) is 8.71. The highest BCUT2D eigenvalue weighted by atomic mass is 35.5. The SMILES string of the molecule is CNS(=O)(=O)c1cc(C(=O)OCc2ccoc2C(=O)OC)ccc1Cl. The maximum atomic E-state index is 12.1. The van der Waals surface area contributed by atoms with E-state index in [1.807, 2.05) is 0 Å². The van der Waals surface area contributed by atoms with Crippen LogP contribution in [0, 0.1) is 0 Å². The van der Waals surface area contributed by atoms with E-state index >= 15 is 0 Å². The molecule has 1 aromatic carbocycles. The van der Waals surface area contributed by atoms with Gasteiger partial charge in [-0.1, -0.05) is 11.6 Å². The summed E-state index contributed by atoms with van der Waals surface area (Å²) in [6.45, 7) is -0.253. The Balaban J connectivity index is 2.19. The minimum atomic E-state index is -3.83. The van der Waals surface area contributed by atoms with Crippen LogP contribution >= 0.6 is 11.6 Å². The lowest BCUT2D eigenvalue weighted by Gasteiger charge is -2.08. The zero-order chi connectivity index (χ0) is 18.6. The Morgan fingerprint density at radius 3 is 2.60 bits per heavy atom. The molecular formula is C15H14ClNO7S. The van der Waals surface area contributed by atoms with Gasteiger partial charge in [0.2, 0.25) is 15.8 Å². The number of benzene rings is 1. The third kappa shape index (κ3) is 4.19. The molecule has 0 aliphatic rings. The van der Waals surface area contributed by atoms with Gasteiger partial charge in [-0.3, -0.25) is 0 Å². The molecule has 1 aromatic heterocycles. The molecule has 1 heterocycles. The molecule has 10 heteroatoms. The van der Waals surface area contributed by atoms with Gasteiger partial charge >= 0.3 is 11.9 Å². The van der Waals surface area contributed by atoms with E-state index in [-0.39, 0.29) is 27.8 Å². The highest BCUT2D eigenvalue weighted by Crippen LogP contribution is 2.23. The molecule has 0 atom stereocenters. The first kappa shape index (κ1) is 19.0. The fourth-order valence-electron chi connectivity index (χ4n) is 1.89. The van der Waals surface area contributed by atoms with Gasteiger partial charge in [0.1, 0.15) is 11.5 Å². The molecule has 2 rings (SSSR count). The highest BCUT2D eigenvalue weighted by Gasteiger charge is 2.21. The van der Waals surface area contributed by atoms with Crippen LogP contribution in [-0.2, 0) is 26.1 Å². The van der Waals surface area contributed by atoms with Crippen molar-refractivity contribution < 1.29 is 31.9 Å². The van der Waals surface area contributed by atoms with Crippen LogP contribution in [0.15, 0.2) is 39.8 Å². The lowest BCUT2D eigenvalue weighted by atomic mass is 10.2. The molecule has 0 spiro atoms. The van der Waals surface area contributed by atoms with Crippen molar-refractivity contribution in [1.29, 1.82) is 0 Å². The largest absolute Gasteiger partial charge is 0.463 e. The smallest absolute Gasteiger partial charge is 0.374 e. The lowest BCUT2D eigenvalue weighted by Crippen LogP contribution is -2.19. The number of sulfonamides is 1. The summed E-state index contributed by atoms with van der Waals surface area (Å²) in [5, 5.41) is -0.0336. The van der Waals surface area contributed by atoms with Crippen molar-refractivity contribution in [3.05, 3.63) is 52.4 Å². The summed E-state index contributed by atoms with van der Waals surface area (Å²) >= 11 is 5.86. The molecule has 8 nitrogen and oxygen atoms in total. The molecule has 134 valence electrons. The van der Waals surface area contributed by atoms with Crippen LogP contribution in [0.1, 0.15) is 26.5 Å². The van der Waals surface area contributed by atoms with E-state index in [1.54, 1.807) is 0 Å². The highest BCUT2D eigenvalue weighted by molar-refractivity contribution is 7.89. The molecular weight excluding hydrogens is 374 g/mol. The maximum Gasteiger partial charge on any atom is 0.374 e. The van der Waals surface area contributed by atoms with Crippen LogP contribution in [0.4, 0.5) is 0 Å². The molecule has 0 aliphatic heterocycles. The average molecular weight is 388 g/mol. The molecule has 25 heavy (non-hydrogen) atoms. The molecule has 0 saturated carbocycles. The summed E-state index contributed by atoms with van der Waals surface area (Å²) in [7, 11) is -1.41. The van der Waals surface area contributed by atoms with E-state index in [9.17, 15) is 18.0 Å². The van der Waals surface area contributed by atoms with Crippen LogP contribution in [0.2, 0.25) is 5.02 Å². The number of methoxy groups -OCH3 is 1. The normalized spacial score (nSPS) is 11.2. The van der Waals surface area contributed by atoms with E-state index < -0.39 is 22.0 Å². The van der Waals surface area contributed by atoms with Gasteiger partial charge in [0.05, 0.1) is 24.0 Å². The number of halogens is 1. The summed E-state index contributed by atoms with van der Waals surface area (Å²) < 4.78 is 40.5. The van der Waals surface area contributed by atoms with Gasteiger partial charge in [0.15, 0.2) is 0 Å². The number of esters is 2. The molecule has 0 unspecified atom stereocenters. The van der Waals surface area contributed by atoms with Crippen LogP contribution in [0.3, 0.4) is 0 Å². The third-order valence-electron chi connectivity index (χ3n) is 3.20. The van der Waals surface area contributed by atoms with Crippen LogP contribution in [0.25, 0.3) is 0 Å². The molecule has 0 bridgehead atoms. The molecule has 0 radical (unpaired) electrons. The monoisotopic (exact) mass is 387 g/mol. The second kappa shape index (κ2) is 7.68. The van der Waals surface area contributed by atoms with Crippen molar-refractivity contribution in [2.75, 3.05) is 14.2 Å². The van der Waals surface area contributed by atoms with Gasteiger partial charge in [-0.2, -0.15) is 0 Å². The van der Waals surface area contributed by atoms with Gasteiger partial charge in [0, 0.05) is 5.56 Å². The Kier molecular flexibility index (Phi) is 5.83. The molecule has 0 aliphatic carbocycles. The van der Waals surface area contributed by atoms with E-state index in [4.69, 9.17) is 20.8 Å². The Bertz CT molecular complexity index is 904. The zero-order valence-corrected chi connectivity index (χ0v) is 14.8. The van der Waals surface area contributed by atoms with Crippen molar-refractivity contribution in [2.24, 2.45) is 0 Å². The third-order valence-corrected chi connectivity index (χ3v) is 5.10. The molecule has 1 N–H and O–H groups in total. The Morgan fingerprint density at radius 1 is 1.24 bits per heavy atom. The van der Waals surface area contributed by atoms with E-state index in [2.05, 4.69) is 9.46 Å². The van der Waals surface area contributed by atoms with Crippen molar-refractivity contribution >= 4 is 33.6 Å². The molecule has 2 aromatic rings. The van der Waals surface area contributed by atoms with E-state index in [0.717, 1.165) is 6.07 Å². The number of carbonyl (C=O) groups is 2. The average Bonchev–Trinajstić information content (AvgIpc) is 3.07. The van der Waals surface area contributed by atoms with Crippen molar-refractivity contribution in [2.45, 2.75) is 11.5 Å². The Morgan fingerprint density at radius 2 is 1.96 bits per heavy atom. The molecule has 0 saturated heterocycles. The van der Waals surface area contributed by atoms with Gasteiger partial charge < -0.3 is 13.9 Å². The molecule has 0 amide bonds. The summed E-state index contributed by atoms with van der Waals surface area (Å²) in [6, 6.07) is 5.17. The fraction of sp³-hybridized carbons (Fsp3) is 0.200. The van der Waals surface area contributed by atoms with Crippen LogP contribution in [-0.4, -0.2) is 34.5 Å². The number of ether oxygens (including phenoxy) is 2. The first-order valence-electron chi connectivity index (χ1n) is 6.85. The minimum Gasteiger partial charge on any atom is -0.463 e. The van der Waals surface area contributed by atoms with Crippen molar-refractivity contribution in [1.82, 2.24) is 4.72 Å². The topological polar surface area (TPSA) is 112 Å². The van der Waals surface area contributed by atoms with Gasteiger partial charge in [0.25, 0.3) is 0 Å². The Labute approximate surface area is 148 Å². The predicted octanol–water partition coefficient (Wildman–Crippen LogP) is 1.98. The van der Waals surface area contributed by atoms with Gasteiger partial charge in [-0.25, -0.2) is 22.7 Å².